The van der Waals surface area contributed by atoms with Crippen molar-refractivity contribution in [2.45, 2.75) is 77.5 Å². The molecule has 2 aliphatic rings. The van der Waals surface area contributed by atoms with Gasteiger partial charge >= 0.3 is 0 Å². The molecule has 160 valence electrons. The number of methoxy groups -OCH3 is 1. The third-order valence-electron chi connectivity index (χ3n) is 5.80. The van der Waals surface area contributed by atoms with Gasteiger partial charge in [-0.05, 0) is 50.8 Å². The maximum absolute atomic E-state index is 13.6. The van der Waals surface area contributed by atoms with Crippen LogP contribution in [0.3, 0.4) is 0 Å². The normalized spacial score (nSPS) is 21.1. The van der Waals surface area contributed by atoms with E-state index in [-0.39, 0.29) is 30.5 Å². The van der Waals surface area contributed by atoms with Crippen molar-refractivity contribution in [3.05, 3.63) is 23.8 Å². The molecule has 2 fully saturated rings. The Balaban J connectivity index is 1.95. The van der Waals surface area contributed by atoms with Gasteiger partial charge in [-0.15, -0.1) is 0 Å². The fourth-order valence-electron chi connectivity index (χ4n) is 4.47. The Bertz CT molecular complexity index is 728. The lowest BCUT2D eigenvalue weighted by molar-refractivity contribution is -0.159. The molecular formula is C23H34N2O4. The van der Waals surface area contributed by atoms with Crippen molar-refractivity contribution >= 4 is 11.8 Å². The van der Waals surface area contributed by atoms with Gasteiger partial charge in [-0.1, -0.05) is 32.3 Å². The van der Waals surface area contributed by atoms with Gasteiger partial charge in [-0.3, -0.25) is 9.59 Å². The van der Waals surface area contributed by atoms with Gasteiger partial charge in [0.05, 0.1) is 13.2 Å². The van der Waals surface area contributed by atoms with Gasteiger partial charge in [-0.2, -0.15) is 0 Å². The topological polar surface area (TPSA) is 59.1 Å². The molecule has 3 rings (SSSR count). The molecule has 1 aromatic rings. The molecule has 1 atom stereocenters. The molecule has 0 spiro atoms. The first-order valence-electron chi connectivity index (χ1n) is 10.9. The Morgan fingerprint density at radius 1 is 1.10 bits per heavy atom. The molecule has 1 aliphatic carbocycles. The molecule has 0 N–H and O–H groups in total. The molecule has 1 saturated carbocycles. The summed E-state index contributed by atoms with van der Waals surface area (Å²) in [5.41, 5.74) is 0.783. The molecule has 1 aromatic carbocycles. The molecule has 6 nitrogen and oxygen atoms in total. The molecule has 0 radical (unpaired) electrons. The predicted molar refractivity (Wildman–Crippen MR) is 112 cm³/mol. The van der Waals surface area contributed by atoms with Crippen LogP contribution in [0.5, 0.6) is 11.5 Å². The number of rotatable bonds is 7. The number of ether oxygens (including phenoxy) is 2. The van der Waals surface area contributed by atoms with E-state index in [1.807, 2.05) is 43.9 Å². The highest BCUT2D eigenvalue weighted by atomic mass is 16.5. The Labute approximate surface area is 174 Å². The number of carbonyl (C=O) groups excluding carboxylic acids is 2. The zero-order valence-electron chi connectivity index (χ0n) is 18.1. The molecule has 1 heterocycles. The molecule has 0 bridgehead atoms. The van der Waals surface area contributed by atoms with Gasteiger partial charge in [-0.25, -0.2) is 0 Å². The molecule has 1 aliphatic heterocycles. The van der Waals surface area contributed by atoms with E-state index in [2.05, 4.69) is 0 Å². The van der Waals surface area contributed by atoms with Crippen LogP contribution in [0, 0.1) is 0 Å². The summed E-state index contributed by atoms with van der Waals surface area (Å²) in [5, 5.41) is 0. The SMILES string of the molecule is CCCN1C(=O)CN(C2CCCCC2)C(=O)C1c1ccc(OC(C)C)c(OC)c1. The second kappa shape index (κ2) is 9.51. The first-order chi connectivity index (χ1) is 14.0. The monoisotopic (exact) mass is 402 g/mol. The summed E-state index contributed by atoms with van der Waals surface area (Å²) in [6.07, 6.45) is 6.28. The van der Waals surface area contributed by atoms with Crippen LogP contribution >= 0.6 is 0 Å². The van der Waals surface area contributed by atoms with Crippen molar-refractivity contribution in [3.8, 4) is 11.5 Å². The molecule has 2 amide bonds. The van der Waals surface area contributed by atoms with E-state index in [1.165, 1.54) is 6.42 Å². The number of nitrogens with zero attached hydrogens (tertiary/aromatic N) is 2. The van der Waals surface area contributed by atoms with Crippen molar-refractivity contribution in [1.29, 1.82) is 0 Å². The van der Waals surface area contributed by atoms with Crippen molar-refractivity contribution in [2.75, 3.05) is 20.2 Å². The van der Waals surface area contributed by atoms with Crippen molar-refractivity contribution in [2.24, 2.45) is 0 Å². The fraction of sp³-hybridized carbons (Fsp3) is 0.652. The number of carbonyl (C=O) groups is 2. The summed E-state index contributed by atoms with van der Waals surface area (Å²) < 4.78 is 11.3. The van der Waals surface area contributed by atoms with E-state index in [9.17, 15) is 9.59 Å². The number of benzene rings is 1. The van der Waals surface area contributed by atoms with Crippen LogP contribution in [-0.2, 0) is 9.59 Å². The lowest BCUT2D eigenvalue weighted by Crippen LogP contribution is -2.58. The minimum atomic E-state index is -0.597. The minimum Gasteiger partial charge on any atom is -0.493 e. The van der Waals surface area contributed by atoms with Gasteiger partial charge in [0.15, 0.2) is 11.5 Å². The van der Waals surface area contributed by atoms with Gasteiger partial charge in [0.25, 0.3) is 5.91 Å². The quantitative estimate of drug-likeness (QED) is 0.693. The highest BCUT2D eigenvalue weighted by Crippen LogP contribution is 2.36. The molecule has 0 aromatic heterocycles. The van der Waals surface area contributed by atoms with E-state index in [0.717, 1.165) is 37.7 Å². The van der Waals surface area contributed by atoms with E-state index >= 15 is 0 Å². The van der Waals surface area contributed by atoms with E-state index in [1.54, 1.807) is 12.0 Å². The van der Waals surface area contributed by atoms with Crippen LogP contribution in [-0.4, -0.2) is 54.0 Å². The zero-order valence-corrected chi connectivity index (χ0v) is 18.1. The van der Waals surface area contributed by atoms with Crippen molar-refractivity contribution in [3.63, 3.8) is 0 Å². The largest absolute Gasteiger partial charge is 0.493 e. The smallest absolute Gasteiger partial charge is 0.250 e. The van der Waals surface area contributed by atoms with Crippen LogP contribution in [0.4, 0.5) is 0 Å². The van der Waals surface area contributed by atoms with Gasteiger partial charge in [0, 0.05) is 12.6 Å². The first-order valence-corrected chi connectivity index (χ1v) is 10.9. The van der Waals surface area contributed by atoms with Crippen molar-refractivity contribution in [1.82, 2.24) is 9.80 Å². The predicted octanol–water partition coefficient (Wildman–Crippen LogP) is 3.94. The fourth-order valence-corrected chi connectivity index (χ4v) is 4.47. The molecule has 29 heavy (non-hydrogen) atoms. The maximum Gasteiger partial charge on any atom is 0.250 e. The number of hydrogen-bond donors (Lipinski definition) is 0. The number of amides is 2. The van der Waals surface area contributed by atoms with E-state index in [0.29, 0.717) is 18.0 Å². The summed E-state index contributed by atoms with van der Waals surface area (Å²) >= 11 is 0. The lowest BCUT2D eigenvalue weighted by atomic mass is 9.91. The highest BCUT2D eigenvalue weighted by molar-refractivity contribution is 5.96. The average Bonchev–Trinajstić information content (AvgIpc) is 2.71. The Hall–Kier alpha value is -2.24. The summed E-state index contributed by atoms with van der Waals surface area (Å²) in [7, 11) is 1.60. The van der Waals surface area contributed by atoms with Crippen LogP contribution in [0.25, 0.3) is 0 Å². The summed E-state index contributed by atoms with van der Waals surface area (Å²) in [6.45, 7) is 6.72. The highest BCUT2D eigenvalue weighted by Gasteiger charge is 2.42. The minimum absolute atomic E-state index is 0.0195. The third kappa shape index (κ3) is 4.68. The first kappa shape index (κ1) is 21.5. The molecule has 6 heteroatoms. The summed E-state index contributed by atoms with van der Waals surface area (Å²) in [4.78, 5) is 30.2. The second-order valence-corrected chi connectivity index (χ2v) is 8.32. The molecular weight excluding hydrogens is 368 g/mol. The van der Waals surface area contributed by atoms with Gasteiger partial charge < -0.3 is 19.3 Å². The Morgan fingerprint density at radius 3 is 2.45 bits per heavy atom. The second-order valence-electron chi connectivity index (χ2n) is 8.32. The van der Waals surface area contributed by atoms with Crippen LogP contribution in [0.2, 0.25) is 0 Å². The average molecular weight is 403 g/mol. The van der Waals surface area contributed by atoms with Gasteiger partial charge in [0.2, 0.25) is 5.91 Å². The Morgan fingerprint density at radius 2 is 1.83 bits per heavy atom. The number of hydrogen-bond acceptors (Lipinski definition) is 4. The zero-order chi connectivity index (χ0) is 21.0. The summed E-state index contributed by atoms with van der Waals surface area (Å²) in [6, 6.07) is 5.16. The van der Waals surface area contributed by atoms with E-state index in [4.69, 9.17) is 9.47 Å². The number of piperazine rings is 1. The van der Waals surface area contributed by atoms with Crippen LogP contribution < -0.4 is 9.47 Å². The maximum atomic E-state index is 13.6. The van der Waals surface area contributed by atoms with Gasteiger partial charge in [0.1, 0.15) is 12.6 Å². The lowest BCUT2D eigenvalue weighted by Gasteiger charge is -2.44. The standard InChI is InChI=1S/C23H34N2O4/c1-5-13-24-21(26)15-25(18-9-7-6-8-10-18)23(27)22(24)17-11-12-19(29-16(2)3)20(14-17)28-4/h11-12,14,16,18,22H,5-10,13,15H2,1-4H3. The van der Waals surface area contributed by atoms with Crippen LogP contribution in [0.15, 0.2) is 18.2 Å². The van der Waals surface area contributed by atoms with Crippen LogP contribution in [0.1, 0.15) is 70.9 Å². The molecule has 1 unspecified atom stereocenters. The Kier molecular flexibility index (Phi) is 7.04. The van der Waals surface area contributed by atoms with E-state index < -0.39 is 6.04 Å². The molecule has 1 saturated heterocycles. The summed E-state index contributed by atoms with van der Waals surface area (Å²) in [5.74, 6) is 1.29. The van der Waals surface area contributed by atoms with Crippen molar-refractivity contribution < 1.29 is 19.1 Å². The third-order valence-corrected chi connectivity index (χ3v) is 5.80.